The Morgan fingerprint density at radius 2 is 2.08 bits per heavy atom. The van der Waals surface area contributed by atoms with Gasteiger partial charge in [0.1, 0.15) is 6.67 Å². The second-order valence-corrected chi connectivity index (χ2v) is 8.24. The molecule has 0 amide bonds. The highest BCUT2D eigenvalue weighted by molar-refractivity contribution is 5.03. The predicted octanol–water partition coefficient (Wildman–Crippen LogP) is 3.56. The van der Waals surface area contributed by atoms with Crippen LogP contribution in [0.5, 0.6) is 0 Å². The number of hydrogen-bond acceptors (Lipinski definition) is 3. The number of alkyl halides is 1. The van der Waals surface area contributed by atoms with Crippen LogP contribution in [0, 0.1) is 17.8 Å². The van der Waals surface area contributed by atoms with Crippen molar-refractivity contribution in [1.82, 2.24) is 14.7 Å². The van der Waals surface area contributed by atoms with Gasteiger partial charge in [-0.2, -0.15) is 5.10 Å². The van der Waals surface area contributed by atoms with E-state index in [1.807, 2.05) is 10.9 Å². The van der Waals surface area contributed by atoms with E-state index >= 15 is 0 Å². The molecule has 0 radical (unpaired) electrons. The van der Waals surface area contributed by atoms with E-state index in [9.17, 15) is 4.39 Å². The molecule has 1 aromatic heterocycles. The fraction of sp³-hybridized carbons (Fsp3) is 0.850. The van der Waals surface area contributed by atoms with E-state index in [0.717, 1.165) is 50.9 Å². The summed E-state index contributed by atoms with van der Waals surface area (Å²) in [5, 5.41) is 4.43. The van der Waals surface area contributed by atoms with Gasteiger partial charge in [-0.25, -0.2) is 4.39 Å². The summed E-state index contributed by atoms with van der Waals surface area (Å²) in [5.74, 6) is 1.97. The number of nitrogens with zero attached hydrogens (tertiary/aromatic N) is 3. The van der Waals surface area contributed by atoms with Crippen molar-refractivity contribution >= 4 is 0 Å². The largest absolute Gasteiger partial charge is 0.376 e. The summed E-state index contributed by atoms with van der Waals surface area (Å²) in [6.07, 6.45) is 8.44. The van der Waals surface area contributed by atoms with Crippen LogP contribution in [0.4, 0.5) is 4.39 Å². The van der Waals surface area contributed by atoms with Crippen LogP contribution in [0.2, 0.25) is 0 Å². The summed E-state index contributed by atoms with van der Waals surface area (Å²) in [6, 6.07) is -0.0677. The summed E-state index contributed by atoms with van der Waals surface area (Å²) >= 11 is 0. The summed E-state index contributed by atoms with van der Waals surface area (Å²) in [7, 11) is 0. The zero-order valence-corrected chi connectivity index (χ0v) is 16.0. The molecule has 0 aliphatic carbocycles. The predicted molar refractivity (Wildman–Crippen MR) is 98.4 cm³/mol. The SMILES string of the molecule is CCc1cnn(C[C@@H]2COC(C(CF)N3CCC(C(C)C)CC3)C2)c1. The Bertz CT molecular complexity index is 525. The Kier molecular flexibility index (Phi) is 6.50. The normalized spacial score (nSPS) is 27.2. The minimum Gasteiger partial charge on any atom is -0.376 e. The van der Waals surface area contributed by atoms with Gasteiger partial charge in [-0.3, -0.25) is 9.58 Å². The van der Waals surface area contributed by atoms with Crippen LogP contribution in [-0.2, 0) is 17.7 Å². The quantitative estimate of drug-likeness (QED) is 0.752. The van der Waals surface area contributed by atoms with Gasteiger partial charge in [0.2, 0.25) is 0 Å². The fourth-order valence-corrected chi connectivity index (χ4v) is 4.42. The molecule has 2 unspecified atom stereocenters. The number of rotatable bonds is 7. The zero-order chi connectivity index (χ0) is 17.8. The third kappa shape index (κ3) is 4.62. The Labute approximate surface area is 151 Å². The van der Waals surface area contributed by atoms with E-state index in [4.69, 9.17) is 4.74 Å². The summed E-state index contributed by atoms with van der Waals surface area (Å²) in [4.78, 5) is 2.34. The van der Waals surface area contributed by atoms with Crippen LogP contribution in [0.25, 0.3) is 0 Å². The van der Waals surface area contributed by atoms with Crippen molar-refractivity contribution in [3.8, 4) is 0 Å². The number of hydrogen-bond donors (Lipinski definition) is 0. The molecule has 2 fully saturated rings. The molecule has 25 heavy (non-hydrogen) atoms. The van der Waals surface area contributed by atoms with Crippen LogP contribution in [0.15, 0.2) is 12.4 Å². The molecule has 2 saturated heterocycles. The molecule has 2 aliphatic rings. The lowest BCUT2D eigenvalue weighted by molar-refractivity contribution is -0.00423. The Balaban J connectivity index is 1.51. The van der Waals surface area contributed by atoms with Crippen molar-refractivity contribution in [2.45, 2.75) is 65.1 Å². The van der Waals surface area contributed by atoms with E-state index in [1.165, 1.54) is 18.4 Å². The van der Waals surface area contributed by atoms with Crippen LogP contribution in [0.3, 0.4) is 0 Å². The topological polar surface area (TPSA) is 30.3 Å². The molecule has 1 aromatic rings. The maximum atomic E-state index is 13.8. The third-order valence-corrected chi connectivity index (χ3v) is 6.23. The first-order chi connectivity index (χ1) is 12.1. The highest BCUT2D eigenvalue weighted by Crippen LogP contribution is 2.30. The van der Waals surface area contributed by atoms with E-state index in [2.05, 4.69) is 37.0 Å². The maximum absolute atomic E-state index is 13.8. The van der Waals surface area contributed by atoms with Crippen LogP contribution < -0.4 is 0 Å². The van der Waals surface area contributed by atoms with Gasteiger partial charge in [0.05, 0.1) is 24.9 Å². The third-order valence-electron chi connectivity index (χ3n) is 6.23. The lowest BCUT2D eigenvalue weighted by Gasteiger charge is -2.39. The molecule has 0 N–H and O–H groups in total. The van der Waals surface area contributed by atoms with Gasteiger partial charge in [-0.05, 0) is 56.2 Å². The number of halogens is 1. The lowest BCUT2D eigenvalue weighted by atomic mass is 9.86. The molecule has 3 rings (SSSR count). The van der Waals surface area contributed by atoms with E-state index in [-0.39, 0.29) is 18.8 Å². The van der Waals surface area contributed by atoms with E-state index < -0.39 is 0 Å². The van der Waals surface area contributed by atoms with Crippen LogP contribution >= 0.6 is 0 Å². The van der Waals surface area contributed by atoms with Crippen molar-refractivity contribution in [3.63, 3.8) is 0 Å². The molecule has 3 heterocycles. The summed E-state index contributed by atoms with van der Waals surface area (Å²) in [6.45, 7) is 10.1. The van der Waals surface area contributed by atoms with Gasteiger partial charge in [0, 0.05) is 18.7 Å². The number of likely N-dealkylation sites (tertiary alicyclic amines) is 1. The highest BCUT2D eigenvalue weighted by Gasteiger charge is 2.37. The van der Waals surface area contributed by atoms with Gasteiger partial charge in [-0.15, -0.1) is 0 Å². The molecule has 0 bridgehead atoms. The molecule has 5 heteroatoms. The molecule has 0 aromatic carbocycles. The summed E-state index contributed by atoms with van der Waals surface area (Å²) < 4.78 is 21.9. The standard InChI is InChI=1S/C20H34FN3O/c1-4-16-11-22-24(12-16)13-17-9-20(25-14-17)19(10-21)23-7-5-18(6-8-23)15(2)3/h11-12,15,17-20H,4-10,13-14H2,1-3H3/t17-,19?,20?/m1/s1. The Morgan fingerprint density at radius 1 is 1.32 bits per heavy atom. The van der Waals surface area contributed by atoms with Gasteiger partial charge in [0.15, 0.2) is 0 Å². The zero-order valence-electron chi connectivity index (χ0n) is 16.0. The van der Waals surface area contributed by atoms with Gasteiger partial charge in [-0.1, -0.05) is 20.8 Å². The Morgan fingerprint density at radius 3 is 2.68 bits per heavy atom. The van der Waals surface area contributed by atoms with Crippen molar-refractivity contribution < 1.29 is 9.13 Å². The maximum Gasteiger partial charge on any atom is 0.107 e. The second kappa shape index (κ2) is 8.63. The first-order valence-electron chi connectivity index (χ1n) is 10.0. The summed E-state index contributed by atoms with van der Waals surface area (Å²) in [5.41, 5.74) is 1.27. The van der Waals surface area contributed by atoms with Gasteiger partial charge >= 0.3 is 0 Å². The lowest BCUT2D eigenvalue weighted by Crippen LogP contribution is -2.49. The molecule has 4 nitrogen and oxygen atoms in total. The molecular weight excluding hydrogens is 317 g/mol. The van der Waals surface area contributed by atoms with Crippen molar-refractivity contribution in [2.75, 3.05) is 26.4 Å². The van der Waals surface area contributed by atoms with Gasteiger partial charge < -0.3 is 4.74 Å². The second-order valence-electron chi connectivity index (χ2n) is 8.24. The number of aryl methyl sites for hydroxylation is 1. The minimum atomic E-state index is -0.300. The number of aromatic nitrogens is 2. The first kappa shape index (κ1) is 18.8. The fourth-order valence-electron chi connectivity index (χ4n) is 4.42. The van der Waals surface area contributed by atoms with Crippen molar-refractivity contribution in [3.05, 3.63) is 18.0 Å². The minimum absolute atomic E-state index is 0.0341. The van der Waals surface area contributed by atoms with Crippen LogP contribution in [0.1, 0.15) is 45.6 Å². The van der Waals surface area contributed by atoms with E-state index in [1.54, 1.807) is 0 Å². The average molecular weight is 352 g/mol. The van der Waals surface area contributed by atoms with Gasteiger partial charge in [0.25, 0.3) is 0 Å². The average Bonchev–Trinajstić information content (AvgIpc) is 3.26. The van der Waals surface area contributed by atoms with E-state index in [0.29, 0.717) is 5.92 Å². The van der Waals surface area contributed by atoms with Crippen molar-refractivity contribution in [2.24, 2.45) is 17.8 Å². The molecular formula is C20H34FN3O. The smallest absolute Gasteiger partial charge is 0.107 e. The Hall–Kier alpha value is -0.940. The highest BCUT2D eigenvalue weighted by atomic mass is 19.1. The molecule has 3 atom stereocenters. The number of ether oxygens (including phenoxy) is 1. The van der Waals surface area contributed by atoms with Crippen LogP contribution in [-0.4, -0.2) is 53.2 Å². The molecule has 0 spiro atoms. The monoisotopic (exact) mass is 351 g/mol. The molecule has 2 aliphatic heterocycles. The molecule has 142 valence electrons. The molecule has 0 saturated carbocycles. The van der Waals surface area contributed by atoms with Crippen molar-refractivity contribution in [1.29, 1.82) is 0 Å². The first-order valence-corrected chi connectivity index (χ1v) is 10.0. The number of piperidine rings is 1.